The molecule has 166 valence electrons. The minimum absolute atomic E-state index is 0.0157. The molecule has 1 unspecified atom stereocenters. The van der Waals surface area contributed by atoms with E-state index in [4.69, 9.17) is 9.72 Å². The lowest BCUT2D eigenvalue weighted by Gasteiger charge is -2.35. The van der Waals surface area contributed by atoms with Crippen LogP contribution in [-0.4, -0.2) is 53.1 Å². The monoisotopic (exact) mass is 434 g/mol. The molecule has 7 nitrogen and oxygen atoms in total. The number of fused-ring (bicyclic) bond motifs is 1. The molecule has 0 aromatic carbocycles. The second-order valence-corrected chi connectivity index (χ2v) is 9.67. The molecule has 1 saturated heterocycles. The van der Waals surface area contributed by atoms with Crippen molar-refractivity contribution in [1.82, 2.24) is 20.2 Å². The van der Waals surface area contributed by atoms with Gasteiger partial charge in [-0.2, -0.15) is 0 Å². The van der Waals surface area contributed by atoms with Gasteiger partial charge in [0.25, 0.3) is 5.56 Å². The molecule has 0 bridgehead atoms. The van der Waals surface area contributed by atoms with Crippen molar-refractivity contribution >= 4 is 27.5 Å². The fourth-order valence-corrected chi connectivity index (χ4v) is 4.98. The first-order chi connectivity index (χ1) is 14.3. The zero-order chi connectivity index (χ0) is 21.8. The Morgan fingerprint density at radius 1 is 1.30 bits per heavy atom. The zero-order valence-corrected chi connectivity index (χ0v) is 19.5. The topological polar surface area (TPSA) is 87.3 Å². The highest BCUT2D eigenvalue weighted by Gasteiger charge is 2.28. The zero-order valence-electron chi connectivity index (χ0n) is 18.7. The largest absolute Gasteiger partial charge is 0.379 e. The molecular weight excluding hydrogens is 400 g/mol. The van der Waals surface area contributed by atoms with Gasteiger partial charge < -0.3 is 15.0 Å². The molecule has 30 heavy (non-hydrogen) atoms. The molecule has 3 rings (SSSR count). The number of rotatable bonds is 8. The quantitative estimate of drug-likeness (QED) is 0.623. The van der Waals surface area contributed by atoms with E-state index in [9.17, 15) is 9.59 Å². The van der Waals surface area contributed by atoms with Crippen molar-refractivity contribution in [3.63, 3.8) is 0 Å². The van der Waals surface area contributed by atoms with Gasteiger partial charge in [-0.25, -0.2) is 4.98 Å². The van der Waals surface area contributed by atoms with E-state index in [1.807, 2.05) is 27.7 Å². The van der Waals surface area contributed by atoms with Gasteiger partial charge in [0, 0.05) is 23.9 Å². The molecule has 2 aromatic heterocycles. The molecule has 1 fully saturated rings. The third-order valence-corrected chi connectivity index (χ3v) is 7.07. The number of likely N-dealkylation sites (tertiary alicyclic amines) is 1. The third-order valence-electron chi connectivity index (χ3n) is 5.97. The van der Waals surface area contributed by atoms with E-state index in [-0.39, 0.29) is 29.5 Å². The van der Waals surface area contributed by atoms with Crippen molar-refractivity contribution in [3.8, 4) is 0 Å². The average molecular weight is 435 g/mol. The minimum atomic E-state index is -0.0561. The van der Waals surface area contributed by atoms with Crippen LogP contribution in [0.25, 0.3) is 10.2 Å². The Balaban J connectivity index is 1.53. The van der Waals surface area contributed by atoms with Gasteiger partial charge >= 0.3 is 0 Å². The van der Waals surface area contributed by atoms with E-state index < -0.39 is 0 Å². The second kappa shape index (κ2) is 10.0. The van der Waals surface area contributed by atoms with Gasteiger partial charge in [-0.15, -0.1) is 11.3 Å². The summed E-state index contributed by atoms with van der Waals surface area (Å²) < 4.78 is 5.51. The molecule has 2 aromatic rings. The van der Waals surface area contributed by atoms with Crippen LogP contribution < -0.4 is 10.9 Å². The van der Waals surface area contributed by atoms with Crippen molar-refractivity contribution < 1.29 is 9.53 Å². The highest BCUT2D eigenvalue weighted by molar-refractivity contribution is 7.18. The number of aryl methyl sites for hydroxylation is 2. The Morgan fingerprint density at radius 2 is 2.00 bits per heavy atom. The van der Waals surface area contributed by atoms with Gasteiger partial charge in [0.15, 0.2) is 0 Å². The van der Waals surface area contributed by atoms with E-state index in [0.29, 0.717) is 24.4 Å². The Kier molecular flexibility index (Phi) is 7.65. The number of piperidine rings is 1. The molecule has 1 aliphatic heterocycles. The number of H-pyrrole nitrogens is 1. The Labute approximate surface area is 182 Å². The summed E-state index contributed by atoms with van der Waals surface area (Å²) in [6.07, 6.45) is 2.71. The summed E-state index contributed by atoms with van der Waals surface area (Å²) in [4.78, 5) is 37.0. The van der Waals surface area contributed by atoms with E-state index in [1.54, 1.807) is 11.3 Å². The summed E-state index contributed by atoms with van der Waals surface area (Å²) in [6.45, 7) is 13.1. The number of carbonyl (C=O) groups excluding carboxylic acids is 1. The standard InChI is InChI=1S/C22H34N4O3S/c1-13(2)29-12-6-9-23-20(27)17-7-10-26(11-8-17)15(4)19-24-21(28)18-14(3)16(5)30-22(18)25-19/h13,15,17H,6-12H2,1-5H3,(H,23,27)(H,24,25,28). The van der Waals surface area contributed by atoms with Crippen LogP contribution in [0.1, 0.15) is 62.3 Å². The SMILES string of the molecule is Cc1sc2nc(C(C)N3CCC(C(=O)NCCCOC(C)C)CC3)[nH]c(=O)c2c1C. The first-order valence-electron chi connectivity index (χ1n) is 10.9. The van der Waals surface area contributed by atoms with Gasteiger partial charge in [-0.1, -0.05) is 0 Å². The number of carbonyl (C=O) groups is 1. The van der Waals surface area contributed by atoms with Crippen LogP contribution in [0.4, 0.5) is 0 Å². The molecule has 3 heterocycles. The molecule has 0 radical (unpaired) electrons. The first-order valence-corrected chi connectivity index (χ1v) is 11.7. The maximum Gasteiger partial charge on any atom is 0.259 e. The number of amides is 1. The van der Waals surface area contributed by atoms with Gasteiger partial charge in [0.05, 0.1) is 17.5 Å². The van der Waals surface area contributed by atoms with Crippen molar-refractivity contribution in [2.24, 2.45) is 5.92 Å². The van der Waals surface area contributed by atoms with Crippen LogP contribution in [0.5, 0.6) is 0 Å². The normalized spacial score (nSPS) is 17.0. The Hall–Kier alpha value is -1.77. The lowest BCUT2D eigenvalue weighted by molar-refractivity contribution is -0.126. The lowest BCUT2D eigenvalue weighted by atomic mass is 9.95. The summed E-state index contributed by atoms with van der Waals surface area (Å²) in [6, 6.07) is 0.0157. The van der Waals surface area contributed by atoms with E-state index in [2.05, 4.69) is 22.1 Å². The van der Waals surface area contributed by atoms with E-state index >= 15 is 0 Å². The predicted molar refractivity (Wildman–Crippen MR) is 121 cm³/mol. The molecule has 8 heteroatoms. The average Bonchev–Trinajstić information content (AvgIpc) is 3.01. The van der Waals surface area contributed by atoms with Crippen molar-refractivity contribution in [2.45, 2.75) is 66.0 Å². The Morgan fingerprint density at radius 3 is 2.67 bits per heavy atom. The van der Waals surface area contributed by atoms with Crippen LogP contribution in [0.2, 0.25) is 0 Å². The first kappa shape index (κ1) is 22.9. The van der Waals surface area contributed by atoms with Crippen LogP contribution in [-0.2, 0) is 9.53 Å². The molecule has 0 spiro atoms. The summed E-state index contributed by atoms with van der Waals surface area (Å²) >= 11 is 1.58. The summed E-state index contributed by atoms with van der Waals surface area (Å²) in [5, 5.41) is 3.75. The summed E-state index contributed by atoms with van der Waals surface area (Å²) in [5.41, 5.74) is 0.963. The van der Waals surface area contributed by atoms with Gasteiger partial charge in [0.1, 0.15) is 10.7 Å². The molecule has 1 aliphatic rings. The van der Waals surface area contributed by atoms with Gasteiger partial charge in [-0.05, 0) is 72.5 Å². The highest BCUT2D eigenvalue weighted by atomic mass is 32.1. The van der Waals surface area contributed by atoms with Crippen LogP contribution in [0, 0.1) is 19.8 Å². The van der Waals surface area contributed by atoms with E-state index in [1.165, 1.54) is 0 Å². The van der Waals surface area contributed by atoms with Crippen LogP contribution in [0.3, 0.4) is 0 Å². The van der Waals surface area contributed by atoms with Crippen molar-refractivity contribution in [1.29, 1.82) is 0 Å². The smallest absolute Gasteiger partial charge is 0.259 e. The van der Waals surface area contributed by atoms with Crippen molar-refractivity contribution in [2.75, 3.05) is 26.2 Å². The number of aromatic amines is 1. The number of ether oxygens (including phenoxy) is 1. The van der Waals surface area contributed by atoms with E-state index in [0.717, 1.165) is 47.6 Å². The molecule has 1 amide bonds. The number of aromatic nitrogens is 2. The Bertz CT molecular complexity index is 928. The van der Waals surface area contributed by atoms with Crippen LogP contribution >= 0.6 is 11.3 Å². The molecule has 2 N–H and O–H groups in total. The number of thiophene rings is 1. The molecule has 1 atom stereocenters. The summed E-state index contributed by atoms with van der Waals surface area (Å²) in [5.74, 6) is 0.905. The maximum atomic E-state index is 12.6. The minimum Gasteiger partial charge on any atom is -0.379 e. The molecular formula is C22H34N4O3S. The van der Waals surface area contributed by atoms with Crippen molar-refractivity contribution in [3.05, 3.63) is 26.6 Å². The number of nitrogens with zero attached hydrogens (tertiary/aromatic N) is 2. The fourth-order valence-electron chi connectivity index (χ4n) is 3.94. The number of hydrogen-bond acceptors (Lipinski definition) is 6. The highest BCUT2D eigenvalue weighted by Crippen LogP contribution is 2.29. The number of hydrogen-bond donors (Lipinski definition) is 2. The molecule has 0 saturated carbocycles. The third kappa shape index (κ3) is 5.28. The predicted octanol–water partition coefficient (Wildman–Crippen LogP) is 3.31. The number of nitrogens with one attached hydrogen (secondary N) is 2. The second-order valence-electron chi connectivity index (χ2n) is 8.46. The maximum absolute atomic E-state index is 12.6. The summed E-state index contributed by atoms with van der Waals surface area (Å²) in [7, 11) is 0. The van der Waals surface area contributed by atoms with Gasteiger partial charge in [-0.3, -0.25) is 14.5 Å². The molecule has 0 aliphatic carbocycles. The van der Waals surface area contributed by atoms with Crippen LogP contribution in [0.15, 0.2) is 4.79 Å². The lowest BCUT2D eigenvalue weighted by Crippen LogP contribution is -2.42. The van der Waals surface area contributed by atoms with Gasteiger partial charge in [0.2, 0.25) is 5.91 Å². The fraction of sp³-hybridized carbons (Fsp3) is 0.682.